The number of ketones is 1. The van der Waals surface area contributed by atoms with Gasteiger partial charge in [-0.15, -0.1) is 0 Å². The highest BCUT2D eigenvalue weighted by atomic mass is 16.7. The predicted molar refractivity (Wildman–Crippen MR) is 267 cm³/mol. The van der Waals surface area contributed by atoms with Crippen molar-refractivity contribution in [1.29, 1.82) is 0 Å². The molecule has 6 heterocycles. The molecule has 72 heavy (non-hydrogen) atoms. The van der Waals surface area contributed by atoms with Gasteiger partial charge in [-0.3, -0.25) is 29.1 Å². The topological polar surface area (TPSA) is 253 Å². The van der Waals surface area contributed by atoms with E-state index in [9.17, 15) is 44.7 Å². The van der Waals surface area contributed by atoms with Crippen LogP contribution in [-0.2, 0) is 28.6 Å². The molecule has 19 nitrogen and oxygen atoms in total. The second kappa shape index (κ2) is 22.0. The van der Waals surface area contributed by atoms with Crippen LogP contribution in [0.1, 0.15) is 90.6 Å². The number of hydrogen-bond donors (Lipinski definition) is 6. The number of methoxy groups -OCH3 is 1. The van der Waals surface area contributed by atoms with Crippen LogP contribution in [0.5, 0.6) is 17.2 Å². The van der Waals surface area contributed by atoms with Gasteiger partial charge in [0.1, 0.15) is 40.4 Å². The van der Waals surface area contributed by atoms with Crippen LogP contribution < -0.4 is 20.8 Å². The van der Waals surface area contributed by atoms with Crippen molar-refractivity contribution < 1.29 is 63.7 Å². The third-order valence-electron chi connectivity index (χ3n) is 15.3. The Kier molecular flexibility index (Phi) is 16.6. The van der Waals surface area contributed by atoms with Gasteiger partial charge < -0.3 is 59.6 Å². The lowest BCUT2D eigenvalue weighted by Gasteiger charge is -2.38. The standard InChI is InChI=1S/C53H74N6O13/c1-28(2)27-58-17-15-53(16-18-58)55-41-38-39-46(65)34(8)49-40(38)50(67)52(9,72-49)70-25-14-35(69-10)31(5)48(71-37(62)26-36(61)59-21-19-57(20-22-59)23-24-60)33(7)45(64)32(6)44(63)29(3)12-11-13-30(4)51(68)54-43(47(39)66)42(41)56-53/h11-14,25,28-29,31-33,35,44-45,48,55,60,63-66H,15-24,26-27H2,1-10H3/b12-11+,25-14+,30-13-,54-43?/t29-,31+,32+,33+,35-,44-,45+,48+,52-/m0/s1. The molecule has 0 aromatic heterocycles. The van der Waals surface area contributed by atoms with Crippen LogP contribution in [0.3, 0.4) is 0 Å². The minimum absolute atomic E-state index is 0.000981. The summed E-state index contributed by atoms with van der Waals surface area (Å²) in [6.07, 6.45) is 3.76. The number of aromatic hydroxyl groups is 2. The van der Waals surface area contributed by atoms with E-state index < -0.39 is 101 Å². The first-order chi connectivity index (χ1) is 34.0. The number of ether oxygens (including phenoxy) is 4. The maximum Gasteiger partial charge on any atom is 0.315 e. The number of likely N-dealkylation sites (tertiary alicyclic amines) is 1. The summed E-state index contributed by atoms with van der Waals surface area (Å²) < 4.78 is 24.6. The lowest BCUT2D eigenvalue weighted by atomic mass is 9.78. The molecule has 19 heteroatoms. The summed E-state index contributed by atoms with van der Waals surface area (Å²) >= 11 is 0. The molecule has 2 fully saturated rings. The number of piperazine rings is 1. The fourth-order valence-electron chi connectivity index (χ4n) is 10.8. The van der Waals surface area contributed by atoms with E-state index in [4.69, 9.17) is 23.9 Å². The van der Waals surface area contributed by atoms with Gasteiger partial charge in [-0.05, 0) is 25.8 Å². The number of nitrogens with zero attached hydrogens (tertiary/aromatic N) is 5. The minimum Gasteiger partial charge on any atom is -0.507 e. The number of allylic oxidation sites excluding steroid dienone is 2. The Morgan fingerprint density at radius 3 is 2.22 bits per heavy atom. The Morgan fingerprint density at radius 2 is 1.58 bits per heavy atom. The number of carbonyl (C=O) groups is 4. The van der Waals surface area contributed by atoms with Crippen molar-refractivity contribution in [1.82, 2.24) is 14.7 Å². The number of amides is 2. The number of anilines is 1. The Morgan fingerprint density at radius 1 is 0.903 bits per heavy atom. The van der Waals surface area contributed by atoms with Crippen molar-refractivity contribution in [3.63, 3.8) is 0 Å². The maximum absolute atomic E-state index is 14.9. The number of rotatable bonds is 8. The number of phenolic OH excluding ortho intramolecular Hbond substituents is 2. The van der Waals surface area contributed by atoms with Crippen molar-refractivity contribution in [2.45, 2.75) is 117 Å². The van der Waals surface area contributed by atoms with Crippen LogP contribution in [0.2, 0.25) is 0 Å². The molecule has 9 atom stereocenters. The Hall–Kier alpha value is -5.44. The van der Waals surface area contributed by atoms with Crippen molar-refractivity contribution in [2.75, 3.05) is 71.4 Å². The molecule has 2 saturated heterocycles. The van der Waals surface area contributed by atoms with E-state index in [0.29, 0.717) is 70.3 Å². The van der Waals surface area contributed by atoms with E-state index in [1.54, 1.807) is 51.7 Å². The zero-order valence-corrected chi connectivity index (χ0v) is 43.3. The number of esters is 1. The number of fused-ring (bicyclic) bond motifs is 13. The minimum atomic E-state index is -2.02. The van der Waals surface area contributed by atoms with Crippen LogP contribution in [0.25, 0.3) is 10.8 Å². The van der Waals surface area contributed by atoms with Gasteiger partial charge in [0.05, 0.1) is 47.8 Å². The summed E-state index contributed by atoms with van der Waals surface area (Å²) in [5, 5.41) is 60.6. The summed E-state index contributed by atoms with van der Waals surface area (Å²) in [4.78, 5) is 71.6. The van der Waals surface area contributed by atoms with E-state index in [2.05, 4.69) is 29.1 Å². The maximum atomic E-state index is 14.9. The van der Waals surface area contributed by atoms with Gasteiger partial charge in [0, 0.05) is 119 Å². The quantitative estimate of drug-likeness (QED) is 0.126. The number of carbonyl (C=O) groups excluding carboxylic acids is 4. The molecule has 6 N–H and O–H groups in total. The molecule has 0 radical (unpaired) electrons. The number of piperidine rings is 1. The van der Waals surface area contributed by atoms with E-state index in [0.717, 1.165) is 6.54 Å². The first-order valence-electron chi connectivity index (χ1n) is 25.3. The van der Waals surface area contributed by atoms with Crippen molar-refractivity contribution >= 4 is 40.0 Å². The second-order valence-electron chi connectivity index (χ2n) is 21.0. The van der Waals surface area contributed by atoms with Gasteiger partial charge in [-0.1, -0.05) is 59.8 Å². The van der Waals surface area contributed by atoms with Crippen molar-refractivity contribution in [3.8, 4) is 17.2 Å². The second-order valence-corrected chi connectivity index (χ2v) is 21.0. The molecule has 0 saturated carbocycles. The first kappa shape index (κ1) is 54.3. The number of aliphatic hydroxyl groups is 3. The number of benzene rings is 2. The Balaban J connectivity index is 1.29. The SMILES string of the molecule is CO[C@H]1/C=C/O[C@@]2(C)Oc3c(C)c(O)c4c(O)c(c5c(c4c3C2=O)NC2(CCN(CC(C)C)CC2)N=5)=NC(=O)/C(C)=C\C=C\[C@H](C)[C@H](O)[C@@H](C)[C@@H](O)[C@@H](C)[C@H](OC(=O)CC(=O)N2CCN(CCO)CC2)[C@@H]1C. The van der Waals surface area contributed by atoms with Gasteiger partial charge in [0.2, 0.25) is 5.91 Å². The predicted octanol–water partition coefficient (Wildman–Crippen LogP) is 3.26. The Labute approximate surface area is 420 Å². The molecule has 5 bridgehead atoms. The number of aliphatic hydroxyl groups excluding tert-OH is 3. The molecule has 394 valence electrons. The summed E-state index contributed by atoms with van der Waals surface area (Å²) in [6, 6.07) is 0. The summed E-state index contributed by atoms with van der Waals surface area (Å²) in [5.41, 5.74) is -0.264. The highest BCUT2D eigenvalue weighted by Gasteiger charge is 2.51. The number of Topliss-reactive ketones (excluding diaryl/α,β-unsaturated/α-hetero) is 1. The van der Waals surface area contributed by atoms with Crippen molar-refractivity contribution in [2.24, 2.45) is 39.6 Å². The van der Waals surface area contributed by atoms with Crippen LogP contribution in [0.4, 0.5) is 5.69 Å². The smallest absolute Gasteiger partial charge is 0.315 e. The molecule has 0 aliphatic carbocycles. The lowest BCUT2D eigenvalue weighted by molar-refractivity contribution is -0.165. The van der Waals surface area contributed by atoms with Gasteiger partial charge in [-0.2, -0.15) is 0 Å². The number of hydrogen-bond acceptors (Lipinski definition) is 17. The molecule has 6 aliphatic heterocycles. The van der Waals surface area contributed by atoms with Crippen LogP contribution in [0, 0.1) is 36.5 Å². The number of β-amino-alcohol motifs (C(OH)–C–C–N with tert-alkyl or cyclic N) is 1. The largest absolute Gasteiger partial charge is 0.507 e. The third-order valence-corrected chi connectivity index (χ3v) is 15.3. The molecular weight excluding hydrogens is 929 g/mol. The van der Waals surface area contributed by atoms with Crippen LogP contribution in [-0.4, -0.2) is 166 Å². The van der Waals surface area contributed by atoms with E-state index in [1.165, 1.54) is 39.4 Å². The fourth-order valence-corrected chi connectivity index (χ4v) is 10.8. The monoisotopic (exact) mass is 1000 g/mol. The van der Waals surface area contributed by atoms with Gasteiger partial charge >= 0.3 is 11.8 Å². The summed E-state index contributed by atoms with van der Waals surface area (Å²) in [6.45, 7) is 20.3. The van der Waals surface area contributed by atoms with E-state index in [-0.39, 0.29) is 50.5 Å². The summed E-state index contributed by atoms with van der Waals surface area (Å²) in [7, 11) is 1.43. The first-order valence-corrected chi connectivity index (χ1v) is 25.3. The van der Waals surface area contributed by atoms with Gasteiger partial charge in [-0.25, -0.2) is 4.99 Å². The number of phenols is 2. The number of nitrogens with one attached hydrogen (secondary N) is 1. The van der Waals surface area contributed by atoms with Crippen LogP contribution >= 0.6 is 0 Å². The highest BCUT2D eigenvalue weighted by Crippen LogP contribution is 2.51. The molecule has 2 amide bonds. The fraction of sp³-hybridized carbons (Fsp3) is 0.623. The van der Waals surface area contributed by atoms with E-state index >= 15 is 0 Å². The van der Waals surface area contributed by atoms with Gasteiger partial charge in [0.25, 0.3) is 11.7 Å². The third kappa shape index (κ3) is 10.8. The Bertz CT molecular complexity index is 2630. The molecular formula is C53H74N6O13. The van der Waals surface area contributed by atoms with Gasteiger partial charge in [0.15, 0.2) is 5.75 Å². The summed E-state index contributed by atoms with van der Waals surface area (Å²) in [5.74, 6) is -7.99. The molecule has 0 unspecified atom stereocenters. The average molecular weight is 1000 g/mol. The normalized spacial score (nSPS) is 31.0. The molecule has 1 spiro atoms. The van der Waals surface area contributed by atoms with E-state index in [1.807, 2.05) is 4.90 Å². The highest BCUT2D eigenvalue weighted by molar-refractivity contribution is 6.21. The molecule has 2 aromatic carbocycles. The molecule has 8 rings (SSSR count). The average Bonchev–Trinajstić information content (AvgIpc) is 3.85. The zero-order valence-electron chi connectivity index (χ0n) is 43.3. The van der Waals surface area contributed by atoms with Crippen molar-refractivity contribution in [3.05, 3.63) is 58.0 Å². The lowest BCUT2D eigenvalue weighted by Crippen LogP contribution is -2.50. The zero-order chi connectivity index (χ0) is 52.6. The molecule has 2 aromatic rings. The van der Waals surface area contributed by atoms with Crippen LogP contribution in [0.15, 0.2) is 46.1 Å². The molecule has 6 aliphatic rings.